The van der Waals surface area contributed by atoms with Crippen molar-refractivity contribution in [2.45, 2.75) is 52.5 Å². The fraction of sp³-hybridized carbons (Fsp3) is 0.391. The van der Waals surface area contributed by atoms with Crippen LogP contribution in [0, 0.1) is 0 Å². The Morgan fingerprint density at radius 2 is 1.75 bits per heavy atom. The van der Waals surface area contributed by atoms with Gasteiger partial charge in [0.15, 0.2) is 0 Å². The predicted molar refractivity (Wildman–Crippen MR) is 113 cm³/mol. The fourth-order valence-electron chi connectivity index (χ4n) is 2.77. The molecule has 2 aromatic rings. The highest BCUT2D eigenvalue weighted by atomic mass is 16.5. The van der Waals surface area contributed by atoms with Crippen molar-refractivity contribution in [2.24, 2.45) is 0 Å². The number of amides is 2. The number of carbonyl (C=O) groups is 2. The first kappa shape index (κ1) is 21.5. The third kappa shape index (κ3) is 6.72. The molecule has 2 rings (SSSR count). The zero-order chi connectivity index (χ0) is 20.4. The van der Waals surface area contributed by atoms with Crippen LogP contribution in [0.5, 0.6) is 5.75 Å². The minimum Gasteiger partial charge on any atom is -0.493 e. The molecule has 2 amide bonds. The Hall–Kier alpha value is -2.82. The number of para-hydroxylation sites is 1. The van der Waals surface area contributed by atoms with Crippen LogP contribution >= 0.6 is 0 Å². The molecule has 2 aromatic carbocycles. The van der Waals surface area contributed by atoms with Crippen LogP contribution in [0.25, 0.3) is 0 Å². The second-order valence-electron chi connectivity index (χ2n) is 7.07. The molecule has 5 heteroatoms. The Kier molecular flexibility index (Phi) is 8.53. The van der Waals surface area contributed by atoms with Crippen molar-refractivity contribution in [2.75, 3.05) is 11.9 Å². The van der Waals surface area contributed by atoms with Crippen molar-refractivity contribution >= 4 is 17.5 Å². The Morgan fingerprint density at radius 3 is 2.50 bits per heavy atom. The largest absolute Gasteiger partial charge is 0.493 e. The maximum absolute atomic E-state index is 12.7. The number of hydrogen-bond acceptors (Lipinski definition) is 3. The summed E-state index contributed by atoms with van der Waals surface area (Å²) in [5, 5.41) is 5.71. The predicted octanol–water partition coefficient (Wildman–Crippen LogP) is 5.04. The summed E-state index contributed by atoms with van der Waals surface area (Å²) in [7, 11) is 0. The van der Waals surface area contributed by atoms with E-state index < -0.39 is 0 Å². The molecular formula is C23H30N2O3. The number of rotatable bonds is 10. The summed E-state index contributed by atoms with van der Waals surface area (Å²) < 4.78 is 5.82. The van der Waals surface area contributed by atoms with Gasteiger partial charge in [0.05, 0.1) is 12.2 Å². The monoisotopic (exact) mass is 382 g/mol. The second-order valence-corrected chi connectivity index (χ2v) is 7.07. The first-order valence-corrected chi connectivity index (χ1v) is 9.95. The fourth-order valence-corrected chi connectivity index (χ4v) is 2.77. The van der Waals surface area contributed by atoms with Gasteiger partial charge < -0.3 is 15.4 Å². The topological polar surface area (TPSA) is 67.4 Å². The van der Waals surface area contributed by atoms with E-state index in [4.69, 9.17) is 4.74 Å². The van der Waals surface area contributed by atoms with Crippen molar-refractivity contribution in [1.82, 2.24) is 5.32 Å². The van der Waals surface area contributed by atoms with Crippen LogP contribution in [0.2, 0.25) is 0 Å². The zero-order valence-corrected chi connectivity index (χ0v) is 17.0. The van der Waals surface area contributed by atoms with Gasteiger partial charge in [0, 0.05) is 17.3 Å². The summed E-state index contributed by atoms with van der Waals surface area (Å²) in [6.07, 6.45) is 4.45. The number of unbranched alkanes of at least 4 members (excludes halogenated alkanes) is 3. The normalized spacial score (nSPS) is 10.6. The molecular weight excluding hydrogens is 352 g/mol. The van der Waals surface area contributed by atoms with E-state index in [-0.39, 0.29) is 17.9 Å². The molecule has 0 fully saturated rings. The van der Waals surface area contributed by atoms with E-state index in [0.29, 0.717) is 29.2 Å². The quantitative estimate of drug-likeness (QED) is 0.566. The SMILES string of the molecule is CCCCCCOc1ccccc1C(=O)Nc1cccc(C(=O)NC(C)C)c1. The number of ether oxygens (including phenoxy) is 1. The molecule has 0 aliphatic rings. The van der Waals surface area contributed by atoms with E-state index in [1.807, 2.05) is 26.0 Å². The minimum absolute atomic E-state index is 0.0482. The highest BCUT2D eigenvalue weighted by Gasteiger charge is 2.14. The van der Waals surface area contributed by atoms with Gasteiger partial charge in [-0.3, -0.25) is 9.59 Å². The Morgan fingerprint density at radius 1 is 0.964 bits per heavy atom. The van der Waals surface area contributed by atoms with Gasteiger partial charge in [0.1, 0.15) is 5.75 Å². The smallest absolute Gasteiger partial charge is 0.259 e. The molecule has 2 N–H and O–H groups in total. The molecule has 0 radical (unpaired) electrons. The van der Waals surface area contributed by atoms with Gasteiger partial charge in [-0.25, -0.2) is 0 Å². The molecule has 150 valence electrons. The third-order valence-corrected chi connectivity index (χ3v) is 4.19. The number of anilines is 1. The van der Waals surface area contributed by atoms with Gasteiger partial charge >= 0.3 is 0 Å². The second kappa shape index (κ2) is 11.1. The number of nitrogens with one attached hydrogen (secondary N) is 2. The van der Waals surface area contributed by atoms with E-state index in [9.17, 15) is 9.59 Å². The first-order valence-electron chi connectivity index (χ1n) is 9.95. The summed E-state index contributed by atoms with van der Waals surface area (Å²) in [6, 6.07) is 14.2. The lowest BCUT2D eigenvalue weighted by molar-refractivity contribution is 0.0941. The van der Waals surface area contributed by atoms with E-state index >= 15 is 0 Å². The van der Waals surface area contributed by atoms with E-state index in [2.05, 4.69) is 17.6 Å². The molecule has 0 saturated heterocycles. The maximum Gasteiger partial charge on any atom is 0.259 e. The van der Waals surface area contributed by atoms with Gasteiger partial charge in [-0.1, -0.05) is 44.4 Å². The van der Waals surface area contributed by atoms with Crippen LogP contribution in [0.15, 0.2) is 48.5 Å². The van der Waals surface area contributed by atoms with Crippen molar-refractivity contribution in [3.63, 3.8) is 0 Å². The highest BCUT2D eigenvalue weighted by Crippen LogP contribution is 2.21. The van der Waals surface area contributed by atoms with Crippen LogP contribution in [-0.2, 0) is 0 Å². The summed E-state index contributed by atoms with van der Waals surface area (Å²) in [6.45, 7) is 6.57. The van der Waals surface area contributed by atoms with Crippen LogP contribution < -0.4 is 15.4 Å². The molecule has 5 nitrogen and oxygen atoms in total. The van der Waals surface area contributed by atoms with Crippen LogP contribution in [0.1, 0.15) is 67.2 Å². The first-order chi connectivity index (χ1) is 13.5. The van der Waals surface area contributed by atoms with E-state index in [1.165, 1.54) is 12.8 Å². The molecule has 0 saturated carbocycles. The summed E-state index contributed by atoms with van der Waals surface area (Å²) in [4.78, 5) is 24.9. The van der Waals surface area contributed by atoms with Crippen LogP contribution in [0.3, 0.4) is 0 Å². The average Bonchev–Trinajstić information content (AvgIpc) is 2.68. The van der Waals surface area contributed by atoms with E-state index in [0.717, 1.165) is 12.8 Å². The van der Waals surface area contributed by atoms with Gasteiger partial charge in [-0.15, -0.1) is 0 Å². The number of benzene rings is 2. The van der Waals surface area contributed by atoms with Crippen molar-refractivity contribution in [1.29, 1.82) is 0 Å². The van der Waals surface area contributed by atoms with E-state index in [1.54, 1.807) is 36.4 Å². The molecule has 0 aromatic heterocycles. The Labute approximate surface area is 167 Å². The lowest BCUT2D eigenvalue weighted by Crippen LogP contribution is -2.30. The van der Waals surface area contributed by atoms with Gasteiger partial charge in [0.25, 0.3) is 11.8 Å². The zero-order valence-electron chi connectivity index (χ0n) is 17.0. The molecule has 0 unspecified atom stereocenters. The van der Waals surface area contributed by atoms with Crippen molar-refractivity contribution < 1.29 is 14.3 Å². The van der Waals surface area contributed by atoms with Crippen LogP contribution in [-0.4, -0.2) is 24.5 Å². The van der Waals surface area contributed by atoms with Gasteiger partial charge in [-0.2, -0.15) is 0 Å². The minimum atomic E-state index is -0.259. The Balaban J connectivity index is 2.04. The number of carbonyl (C=O) groups excluding carboxylic acids is 2. The van der Waals surface area contributed by atoms with Gasteiger partial charge in [-0.05, 0) is 50.6 Å². The summed E-state index contributed by atoms with van der Waals surface area (Å²) in [5.41, 5.74) is 1.56. The highest BCUT2D eigenvalue weighted by molar-refractivity contribution is 6.06. The molecule has 0 aliphatic carbocycles. The maximum atomic E-state index is 12.7. The molecule has 0 aliphatic heterocycles. The van der Waals surface area contributed by atoms with Gasteiger partial charge in [0.2, 0.25) is 0 Å². The van der Waals surface area contributed by atoms with Crippen LogP contribution in [0.4, 0.5) is 5.69 Å². The average molecular weight is 383 g/mol. The Bertz CT molecular complexity index is 787. The molecule has 0 spiro atoms. The van der Waals surface area contributed by atoms with Crippen molar-refractivity contribution in [3.05, 3.63) is 59.7 Å². The van der Waals surface area contributed by atoms with Crippen molar-refractivity contribution in [3.8, 4) is 5.75 Å². The lowest BCUT2D eigenvalue weighted by atomic mass is 10.1. The third-order valence-electron chi connectivity index (χ3n) is 4.19. The lowest BCUT2D eigenvalue weighted by Gasteiger charge is -2.13. The molecule has 0 bridgehead atoms. The standard InChI is InChI=1S/C23H30N2O3/c1-4-5-6-9-15-28-21-14-8-7-13-20(21)23(27)25-19-12-10-11-18(16-19)22(26)24-17(2)3/h7-8,10-14,16-17H,4-6,9,15H2,1-3H3,(H,24,26)(H,25,27). The molecule has 0 atom stereocenters. The summed E-state index contributed by atoms with van der Waals surface area (Å²) in [5.74, 6) is 0.151. The molecule has 28 heavy (non-hydrogen) atoms. The molecule has 0 heterocycles. The number of hydrogen-bond donors (Lipinski definition) is 2. The summed E-state index contributed by atoms with van der Waals surface area (Å²) >= 11 is 0.